The lowest BCUT2D eigenvalue weighted by Gasteiger charge is -2.23. The molecule has 2 nitrogen and oxygen atoms in total. The molecule has 0 amide bonds. The molecule has 3 heteroatoms. The number of benzene rings is 4. The SMILES string of the molecule is Cc1cc(C)c(C(=O)P(=O)(c2ccccc2)c2ccccc2-c2ccccc2)c(C)c1. The van der Waals surface area contributed by atoms with Crippen LogP contribution < -0.4 is 10.6 Å². The first-order valence-corrected chi connectivity index (χ1v) is 12.1. The summed E-state index contributed by atoms with van der Waals surface area (Å²) >= 11 is 0. The molecule has 4 aromatic rings. The van der Waals surface area contributed by atoms with Crippen LogP contribution >= 0.6 is 7.14 Å². The zero-order valence-electron chi connectivity index (χ0n) is 18.0. The summed E-state index contributed by atoms with van der Waals surface area (Å²) in [6.45, 7) is 5.85. The Morgan fingerprint density at radius 2 is 1.19 bits per heavy atom. The Labute approximate surface area is 184 Å². The van der Waals surface area contributed by atoms with E-state index in [9.17, 15) is 9.36 Å². The molecule has 0 aliphatic carbocycles. The van der Waals surface area contributed by atoms with E-state index in [4.69, 9.17) is 0 Å². The van der Waals surface area contributed by atoms with Gasteiger partial charge in [0.2, 0.25) is 12.7 Å². The smallest absolute Gasteiger partial charge is 0.230 e. The Morgan fingerprint density at radius 1 is 0.677 bits per heavy atom. The van der Waals surface area contributed by atoms with Gasteiger partial charge in [-0.25, -0.2) is 0 Å². The van der Waals surface area contributed by atoms with Gasteiger partial charge in [-0.05, 0) is 43.0 Å². The third-order valence-electron chi connectivity index (χ3n) is 5.62. The summed E-state index contributed by atoms with van der Waals surface area (Å²) in [6.07, 6.45) is 0. The predicted octanol–water partition coefficient (Wildman–Crippen LogP) is 6.43. The van der Waals surface area contributed by atoms with Crippen molar-refractivity contribution in [2.75, 3.05) is 0 Å². The Morgan fingerprint density at radius 3 is 1.81 bits per heavy atom. The molecule has 0 spiro atoms. The van der Waals surface area contributed by atoms with Crippen LogP contribution in [0, 0.1) is 20.8 Å². The topological polar surface area (TPSA) is 34.1 Å². The molecule has 0 aliphatic heterocycles. The quantitative estimate of drug-likeness (QED) is 0.346. The lowest BCUT2D eigenvalue weighted by molar-refractivity contribution is 0.107. The van der Waals surface area contributed by atoms with Gasteiger partial charge in [0.25, 0.3) is 0 Å². The highest BCUT2D eigenvalue weighted by Crippen LogP contribution is 2.50. The maximum atomic E-state index is 15.0. The lowest BCUT2D eigenvalue weighted by Crippen LogP contribution is -2.25. The summed E-state index contributed by atoms with van der Waals surface area (Å²) in [7, 11) is -3.65. The van der Waals surface area contributed by atoms with Gasteiger partial charge in [0.15, 0.2) is 0 Å². The Hall–Kier alpha value is -3.22. The van der Waals surface area contributed by atoms with Gasteiger partial charge in [-0.1, -0.05) is 103 Å². The van der Waals surface area contributed by atoms with E-state index < -0.39 is 7.14 Å². The van der Waals surface area contributed by atoms with Crippen molar-refractivity contribution < 1.29 is 9.36 Å². The minimum atomic E-state index is -3.65. The van der Waals surface area contributed by atoms with Crippen LogP contribution in [0.15, 0.2) is 97.1 Å². The van der Waals surface area contributed by atoms with Crippen LogP contribution in [-0.4, -0.2) is 5.52 Å². The van der Waals surface area contributed by atoms with Crippen molar-refractivity contribution in [2.24, 2.45) is 0 Å². The van der Waals surface area contributed by atoms with E-state index in [-0.39, 0.29) is 5.52 Å². The molecule has 0 radical (unpaired) electrons. The lowest BCUT2D eigenvalue weighted by atomic mass is 10.0. The molecule has 0 heterocycles. The van der Waals surface area contributed by atoms with Crippen molar-refractivity contribution in [1.29, 1.82) is 0 Å². The van der Waals surface area contributed by atoms with Crippen molar-refractivity contribution >= 4 is 23.3 Å². The molecule has 154 valence electrons. The van der Waals surface area contributed by atoms with Crippen LogP contribution in [0.2, 0.25) is 0 Å². The highest BCUT2D eigenvalue weighted by molar-refractivity contribution is 7.93. The second-order valence-electron chi connectivity index (χ2n) is 7.91. The Bertz CT molecular complexity index is 1270. The predicted molar refractivity (Wildman–Crippen MR) is 130 cm³/mol. The maximum absolute atomic E-state index is 15.0. The number of rotatable bonds is 5. The normalized spacial score (nSPS) is 12.9. The van der Waals surface area contributed by atoms with Gasteiger partial charge in [0.05, 0.1) is 0 Å². The zero-order chi connectivity index (χ0) is 22.0. The average molecular weight is 424 g/mol. The molecular formula is C28H25O2P. The molecule has 4 rings (SSSR count). The summed E-state index contributed by atoms with van der Waals surface area (Å²) in [5, 5.41) is 1.14. The van der Waals surface area contributed by atoms with E-state index in [1.807, 2.05) is 106 Å². The second kappa shape index (κ2) is 8.49. The van der Waals surface area contributed by atoms with Gasteiger partial charge in [-0.2, -0.15) is 0 Å². The molecule has 4 aromatic carbocycles. The van der Waals surface area contributed by atoms with Crippen molar-refractivity contribution in [1.82, 2.24) is 0 Å². The molecule has 1 atom stereocenters. The molecular weight excluding hydrogens is 399 g/mol. The number of aryl methyl sites for hydroxylation is 3. The fourth-order valence-corrected chi connectivity index (χ4v) is 7.12. The third-order valence-corrected chi connectivity index (χ3v) is 8.51. The average Bonchev–Trinajstić information content (AvgIpc) is 2.79. The molecule has 31 heavy (non-hydrogen) atoms. The fraction of sp³-hybridized carbons (Fsp3) is 0.107. The van der Waals surface area contributed by atoms with Crippen LogP contribution in [0.25, 0.3) is 11.1 Å². The summed E-state index contributed by atoms with van der Waals surface area (Å²) < 4.78 is 15.0. The third kappa shape index (κ3) is 3.80. The van der Waals surface area contributed by atoms with E-state index in [0.717, 1.165) is 27.8 Å². The molecule has 0 aromatic heterocycles. The Balaban J connectivity index is 2.03. The number of carbonyl (C=O) groups is 1. The van der Waals surface area contributed by atoms with Crippen molar-refractivity contribution in [3.8, 4) is 11.1 Å². The van der Waals surface area contributed by atoms with Gasteiger partial charge in [-0.15, -0.1) is 0 Å². The first kappa shape index (κ1) is 21.0. The standard InChI is InChI=1S/C28H25O2P/c1-20-18-21(2)27(22(3)19-20)28(29)31(30,24-14-8-5-9-15-24)26-17-11-10-16-25(26)23-12-6-4-7-13-23/h4-19H,1-3H3. The van der Waals surface area contributed by atoms with Gasteiger partial charge < -0.3 is 4.57 Å². The number of hydrogen-bond acceptors (Lipinski definition) is 2. The molecule has 0 saturated carbocycles. The molecule has 0 N–H and O–H groups in total. The largest absolute Gasteiger partial charge is 0.305 e. The van der Waals surface area contributed by atoms with Crippen LogP contribution in [0.1, 0.15) is 27.0 Å². The monoisotopic (exact) mass is 424 g/mol. The van der Waals surface area contributed by atoms with E-state index in [1.54, 1.807) is 12.1 Å². The number of carbonyl (C=O) groups excluding carboxylic acids is 1. The van der Waals surface area contributed by atoms with E-state index in [0.29, 0.717) is 16.2 Å². The molecule has 0 bridgehead atoms. The highest BCUT2D eigenvalue weighted by Gasteiger charge is 2.39. The van der Waals surface area contributed by atoms with Crippen LogP contribution in [-0.2, 0) is 4.57 Å². The molecule has 0 fully saturated rings. The summed E-state index contributed by atoms with van der Waals surface area (Å²) in [5.41, 5.74) is 4.82. The Kier molecular flexibility index (Phi) is 5.76. The van der Waals surface area contributed by atoms with Gasteiger partial charge >= 0.3 is 0 Å². The van der Waals surface area contributed by atoms with Crippen molar-refractivity contribution in [3.05, 3.63) is 119 Å². The minimum Gasteiger partial charge on any atom is -0.305 e. The summed E-state index contributed by atoms with van der Waals surface area (Å²) in [6, 6.07) is 30.5. The van der Waals surface area contributed by atoms with Gasteiger partial charge in [0.1, 0.15) is 0 Å². The van der Waals surface area contributed by atoms with Crippen molar-refractivity contribution in [2.45, 2.75) is 20.8 Å². The van der Waals surface area contributed by atoms with Crippen molar-refractivity contribution in [3.63, 3.8) is 0 Å². The van der Waals surface area contributed by atoms with Gasteiger partial charge in [-0.3, -0.25) is 4.79 Å². The van der Waals surface area contributed by atoms with E-state index >= 15 is 0 Å². The van der Waals surface area contributed by atoms with Crippen LogP contribution in [0.3, 0.4) is 0 Å². The van der Waals surface area contributed by atoms with Gasteiger partial charge in [0, 0.05) is 16.2 Å². The highest BCUT2D eigenvalue weighted by atomic mass is 31.2. The fourth-order valence-electron chi connectivity index (χ4n) is 4.29. The van der Waals surface area contributed by atoms with E-state index in [2.05, 4.69) is 0 Å². The first-order valence-electron chi connectivity index (χ1n) is 10.4. The van der Waals surface area contributed by atoms with Crippen LogP contribution in [0.4, 0.5) is 0 Å². The maximum Gasteiger partial charge on any atom is 0.230 e. The molecule has 0 aliphatic rings. The van der Waals surface area contributed by atoms with Crippen LogP contribution in [0.5, 0.6) is 0 Å². The molecule has 0 saturated heterocycles. The summed E-state index contributed by atoms with van der Waals surface area (Å²) in [5.74, 6) is 0. The zero-order valence-corrected chi connectivity index (χ0v) is 18.9. The van der Waals surface area contributed by atoms with E-state index in [1.165, 1.54) is 0 Å². The first-order chi connectivity index (χ1) is 14.9. The number of hydrogen-bond donors (Lipinski definition) is 0. The second-order valence-corrected chi connectivity index (χ2v) is 10.5. The summed E-state index contributed by atoms with van der Waals surface area (Å²) in [4.78, 5) is 14.1. The minimum absolute atomic E-state index is 0.308. The molecule has 1 unspecified atom stereocenters.